The van der Waals surface area contributed by atoms with Crippen LogP contribution in [-0.2, 0) is 0 Å². The summed E-state index contributed by atoms with van der Waals surface area (Å²) in [6.45, 7) is 2.25. The first-order valence-corrected chi connectivity index (χ1v) is 7.80. The Labute approximate surface area is 122 Å². The predicted molar refractivity (Wildman–Crippen MR) is 82.6 cm³/mol. The van der Waals surface area contributed by atoms with Crippen molar-refractivity contribution in [1.29, 1.82) is 0 Å². The van der Waals surface area contributed by atoms with Crippen molar-refractivity contribution in [3.63, 3.8) is 0 Å². The molecule has 0 fully saturated rings. The second kappa shape index (κ2) is 7.53. The highest BCUT2D eigenvalue weighted by atomic mass is 16.5. The quantitative estimate of drug-likeness (QED) is 0.762. The van der Waals surface area contributed by atoms with E-state index >= 15 is 0 Å². The van der Waals surface area contributed by atoms with Crippen LogP contribution in [0.25, 0.3) is 0 Å². The maximum Gasteiger partial charge on any atom is 0.124 e. The number of fused-ring (bicyclic) bond motifs is 1. The molecule has 0 bridgehead atoms. The van der Waals surface area contributed by atoms with E-state index < -0.39 is 0 Å². The molecule has 20 heavy (non-hydrogen) atoms. The summed E-state index contributed by atoms with van der Waals surface area (Å²) in [4.78, 5) is 0. The summed E-state index contributed by atoms with van der Waals surface area (Å²) in [7, 11) is 3.73. The first-order chi connectivity index (χ1) is 9.78. The molecule has 3 heteroatoms. The molecule has 0 saturated heterocycles. The highest BCUT2D eigenvalue weighted by Crippen LogP contribution is 2.38. The summed E-state index contributed by atoms with van der Waals surface area (Å²) in [6.07, 6.45) is 7.73. The molecule has 1 aliphatic heterocycles. The van der Waals surface area contributed by atoms with Crippen LogP contribution >= 0.6 is 0 Å². The smallest absolute Gasteiger partial charge is 0.124 e. The molecule has 0 spiro atoms. The van der Waals surface area contributed by atoms with Crippen LogP contribution in [0.15, 0.2) is 18.2 Å². The number of ether oxygens (including phenoxy) is 2. The summed E-state index contributed by atoms with van der Waals surface area (Å²) in [5.41, 5.74) is 1.22. The molecule has 3 nitrogen and oxygen atoms in total. The van der Waals surface area contributed by atoms with Gasteiger partial charge in [0.1, 0.15) is 17.6 Å². The monoisotopic (exact) mass is 277 g/mol. The molecule has 1 heterocycles. The highest BCUT2D eigenvalue weighted by Gasteiger charge is 2.27. The Morgan fingerprint density at radius 1 is 1.30 bits per heavy atom. The number of rotatable bonds is 7. The summed E-state index contributed by atoms with van der Waals surface area (Å²) in [5, 5.41) is 3.41. The Balaban J connectivity index is 2.01. The average Bonchev–Trinajstić information content (AvgIpc) is 2.50. The number of hydrogen-bond acceptors (Lipinski definition) is 3. The lowest BCUT2D eigenvalue weighted by atomic mass is 9.93. The molecule has 2 unspecified atom stereocenters. The highest BCUT2D eigenvalue weighted by molar-refractivity contribution is 5.43. The van der Waals surface area contributed by atoms with Gasteiger partial charge in [0.2, 0.25) is 0 Å². The molecule has 2 rings (SSSR count). The lowest BCUT2D eigenvalue weighted by molar-refractivity contribution is 0.139. The number of hydrogen-bond donors (Lipinski definition) is 1. The van der Waals surface area contributed by atoms with Crippen LogP contribution in [0.5, 0.6) is 11.5 Å². The fraction of sp³-hybridized carbons (Fsp3) is 0.647. The Bertz CT molecular complexity index is 419. The van der Waals surface area contributed by atoms with E-state index in [1.807, 2.05) is 19.2 Å². The van der Waals surface area contributed by atoms with E-state index in [1.165, 1.54) is 31.2 Å². The fourth-order valence-corrected chi connectivity index (χ4v) is 2.90. The average molecular weight is 277 g/mol. The van der Waals surface area contributed by atoms with Crippen LogP contribution < -0.4 is 14.8 Å². The first kappa shape index (κ1) is 15.2. The van der Waals surface area contributed by atoms with Gasteiger partial charge in [-0.3, -0.25) is 0 Å². The summed E-state index contributed by atoms with van der Waals surface area (Å²) in [5.74, 6) is 1.91. The summed E-state index contributed by atoms with van der Waals surface area (Å²) in [6, 6.07) is 6.47. The van der Waals surface area contributed by atoms with E-state index in [4.69, 9.17) is 9.47 Å². The molecule has 1 aromatic rings. The Hall–Kier alpha value is -1.22. The van der Waals surface area contributed by atoms with E-state index in [0.29, 0.717) is 12.1 Å². The number of methoxy groups -OCH3 is 1. The minimum absolute atomic E-state index is 0.338. The summed E-state index contributed by atoms with van der Waals surface area (Å²) < 4.78 is 11.5. The van der Waals surface area contributed by atoms with Gasteiger partial charge in [-0.1, -0.05) is 26.2 Å². The second-order valence-corrected chi connectivity index (χ2v) is 5.57. The van der Waals surface area contributed by atoms with Gasteiger partial charge in [-0.15, -0.1) is 0 Å². The molecule has 1 N–H and O–H groups in total. The minimum Gasteiger partial charge on any atom is -0.497 e. The van der Waals surface area contributed by atoms with Crippen molar-refractivity contribution in [2.24, 2.45) is 0 Å². The third kappa shape index (κ3) is 3.66. The first-order valence-electron chi connectivity index (χ1n) is 7.80. The van der Waals surface area contributed by atoms with Crippen molar-refractivity contribution in [3.8, 4) is 11.5 Å². The Morgan fingerprint density at radius 2 is 2.15 bits per heavy atom. The molecule has 2 atom stereocenters. The summed E-state index contributed by atoms with van der Waals surface area (Å²) >= 11 is 0. The van der Waals surface area contributed by atoms with Gasteiger partial charge in [0.15, 0.2) is 0 Å². The molecule has 0 saturated carbocycles. The largest absolute Gasteiger partial charge is 0.497 e. The van der Waals surface area contributed by atoms with Crippen LogP contribution in [0, 0.1) is 0 Å². The zero-order valence-electron chi connectivity index (χ0n) is 12.9. The molecular weight excluding hydrogens is 250 g/mol. The van der Waals surface area contributed by atoms with E-state index in [0.717, 1.165) is 24.3 Å². The molecule has 1 aromatic carbocycles. The van der Waals surface area contributed by atoms with Crippen molar-refractivity contribution in [1.82, 2.24) is 5.32 Å². The third-order valence-corrected chi connectivity index (χ3v) is 4.11. The molecular formula is C17H27NO2. The van der Waals surface area contributed by atoms with Gasteiger partial charge in [0, 0.05) is 18.0 Å². The van der Waals surface area contributed by atoms with Crippen LogP contribution in [0.4, 0.5) is 0 Å². The van der Waals surface area contributed by atoms with E-state index in [9.17, 15) is 0 Å². The third-order valence-electron chi connectivity index (χ3n) is 4.11. The van der Waals surface area contributed by atoms with Crippen molar-refractivity contribution >= 4 is 0 Å². The predicted octanol–water partition coefficient (Wildman–Crippen LogP) is 4.08. The topological polar surface area (TPSA) is 30.5 Å². The number of unbranched alkanes of at least 4 members (excludes halogenated alkanes) is 3. The number of nitrogens with one attached hydrogen (secondary N) is 1. The van der Waals surface area contributed by atoms with E-state index in [1.54, 1.807) is 7.11 Å². The van der Waals surface area contributed by atoms with Crippen LogP contribution in [-0.4, -0.2) is 20.3 Å². The van der Waals surface area contributed by atoms with Crippen molar-refractivity contribution in [3.05, 3.63) is 23.8 Å². The van der Waals surface area contributed by atoms with Gasteiger partial charge in [0.05, 0.1) is 7.11 Å². The van der Waals surface area contributed by atoms with Gasteiger partial charge >= 0.3 is 0 Å². The molecule has 1 aliphatic rings. The van der Waals surface area contributed by atoms with Crippen LogP contribution in [0.3, 0.4) is 0 Å². The number of benzene rings is 1. The van der Waals surface area contributed by atoms with Gasteiger partial charge < -0.3 is 14.8 Å². The van der Waals surface area contributed by atoms with Crippen LogP contribution in [0.1, 0.15) is 57.1 Å². The van der Waals surface area contributed by atoms with Gasteiger partial charge in [-0.25, -0.2) is 0 Å². The maximum atomic E-state index is 6.15. The van der Waals surface area contributed by atoms with Gasteiger partial charge in [-0.05, 0) is 38.1 Å². The lowest BCUT2D eigenvalue weighted by Gasteiger charge is -2.32. The zero-order valence-corrected chi connectivity index (χ0v) is 12.9. The molecule has 0 amide bonds. The minimum atomic E-state index is 0.338. The second-order valence-electron chi connectivity index (χ2n) is 5.57. The fourth-order valence-electron chi connectivity index (χ4n) is 2.90. The van der Waals surface area contributed by atoms with E-state index in [2.05, 4.69) is 18.3 Å². The Morgan fingerprint density at radius 3 is 2.85 bits per heavy atom. The van der Waals surface area contributed by atoms with Crippen LogP contribution in [0.2, 0.25) is 0 Å². The molecule has 0 aliphatic carbocycles. The molecule has 0 aromatic heterocycles. The standard InChI is InChI=1S/C17H27NO2/c1-4-5-6-7-8-14-12-16(18-2)15-11-13(19-3)9-10-17(15)20-14/h9-11,14,16,18H,4-8,12H2,1-3H3. The maximum absolute atomic E-state index is 6.15. The SMILES string of the molecule is CCCCCCC1CC(NC)c2cc(OC)ccc2O1. The zero-order chi connectivity index (χ0) is 14.4. The molecule has 112 valence electrons. The van der Waals surface area contributed by atoms with E-state index in [-0.39, 0.29) is 0 Å². The van der Waals surface area contributed by atoms with Crippen molar-refractivity contribution in [2.45, 2.75) is 57.6 Å². The molecule has 0 radical (unpaired) electrons. The lowest BCUT2D eigenvalue weighted by Crippen LogP contribution is -2.31. The van der Waals surface area contributed by atoms with Crippen molar-refractivity contribution in [2.75, 3.05) is 14.2 Å². The van der Waals surface area contributed by atoms with Crippen molar-refractivity contribution < 1.29 is 9.47 Å². The van der Waals surface area contributed by atoms with Gasteiger partial charge in [-0.2, -0.15) is 0 Å². The van der Waals surface area contributed by atoms with Gasteiger partial charge in [0.25, 0.3) is 0 Å². The normalized spacial score (nSPS) is 21.1. The Kier molecular flexibility index (Phi) is 5.72.